The van der Waals surface area contributed by atoms with Crippen LogP contribution >= 0.6 is 12.2 Å². The molecule has 0 amide bonds. The van der Waals surface area contributed by atoms with E-state index in [-0.39, 0.29) is 5.75 Å². The van der Waals surface area contributed by atoms with Gasteiger partial charge in [-0.3, -0.25) is 9.67 Å². The molecular formula is C16H16N4OS. The smallest absolute Gasteiger partial charge is 0.200 e. The number of H-pyrrole nitrogens is 1. The van der Waals surface area contributed by atoms with Crippen LogP contribution in [0.4, 0.5) is 5.69 Å². The minimum absolute atomic E-state index is 0.0221. The van der Waals surface area contributed by atoms with E-state index in [9.17, 15) is 5.11 Å². The number of benzene rings is 2. The highest BCUT2D eigenvalue weighted by atomic mass is 32.1. The van der Waals surface area contributed by atoms with Gasteiger partial charge in [-0.05, 0) is 42.4 Å². The van der Waals surface area contributed by atoms with Gasteiger partial charge in [-0.1, -0.05) is 25.1 Å². The summed E-state index contributed by atoms with van der Waals surface area (Å²) in [4.78, 5) is 0. The van der Waals surface area contributed by atoms with E-state index in [4.69, 9.17) is 18.0 Å². The second kappa shape index (κ2) is 5.65. The van der Waals surface area contributed by atoms with Gasteiger partial charge in [0.2, 0.25) is 0 Å². The molecule has 5 nitrogen and oxygen atoms in total. The van der Waals surface area contributed by atoms with Gasteiger partial charge in [-0.15, -0.1) is 0 Å². The zero-order chi connectivity index (χ0) is 15.7. The maximum Gasteiger partial charge on any atom is 0.200 e. The molecule has 22 heavy (non-hydrogen) atoms. The van der Waals surface area contributed by atoms with Gasteiger partial charge in [-0.25, -0.2) is 0 Å². The summed E-state index contributed by atoms with van der Waals surface area (Å²) in [5, 5.41) is 17.0. The molecule has 0 aliphatic carbocycles. The lowest BCUT2D eigenvalue weighted by atomic mass is 10.1. The van der Waals surface area contributed by atoms with Crippen molar-refractivity contribution in [2.45, 2.75) is 13.3 Å². The number of nitrogens with two attached hydrogens (primary N) is 1. The molecule has 3 rings (SSSR count). The first kappa shape index (κ1) is 14.3. The van der Waals surface area contributed by atoms with Gasteiger partial charge in [0.1, 0.15) is 5.75 Å². The second-order valence-electron chi connectivity index (χ2n) is 4.98. The topological polar surface area (TPSA) is 79.9 Å². The maximum absolute atomic E-state index is 9.83. The quantitative estimate of drug-likeness (QED) is 0.393. The van der Waals surface area contributed by atoms with Crippen molar-refractivity contribution in [3.63, 3.8) is 0 Å². The minimum Gasteiger partial charge on any atom is -0.506 e. The summed E-state index contributed by atoms with van der Waals surface area (Å²) in [6.07, 6.45) is 0.946. The fourth-order valence-electron chi connectivity index (χ4n) is 2.33. The van der Waals surface area contributed by atoms with E-state index in [0.29, 0.717) is 22.0 Å². The van der Waals surface area contributed by atoms with E-state index in [2.05, 4.69) is 29.3 Å². The predicted octanol–water partition coefficient (Wildman–Crippen LogP) is 3.45. The van der Waals surface area contributed by atoms with Crippen molar-refractivity contribution >= 4 is 17.9 Å². The summed E-state index contributed by atoms with van der Waals surface area (Å²) in [6, 6.07) is 13.2. The third-order valence-corrected chi connectivity index (χ3v) is 3.81. The fraction of sp³-hybridized carbons (Fsp3) is 0.125. The van der Waals surface area contributed by atoms with Crippen LogP contribution in [0.2, 0.25) is 0 Å². The van der Waals surface area contributed by atoms with Gasteiger partial charge >= 0.3 is 0 Å². The molecule has 0 aliphatic heterocycles. The highest BCUT2D eigenvalue weighted by molar-refractivity contribution is 7.71. The molecule has 0 radical (unpaired) electrons. The Labute approximate surface area is 133 Å². The molecule has 0 bridgehead atoms. The van der Waals surface area contributed by atoms with Crippen LogP contribution in [0.25, 0.3) is 17.1 Å². The molecule has 2 aromatic carbocycles. The number of hydrogen-bond acceptors (Lipinski definition) is 4. The second-order valence-corrected chi connectivity index (χ2v) is 5.37. The van der Waals surface area contributed by atoms with Crippen LogP contribution in [-0.4, -0.2) is 19.9 Å². The summed E-state index contributed by atoms with van der Waals surface area (Å²) >= 11 is 5.32. The van der Waals surface area contributed by atoms with Crippen molar-refractivity contribution in [1.82, 2.24) is 14.8 Å². The molecule has 0 saturated carbocycles. The van der Waals surface area contributed by atoms with E-state index in [1.165, 1.54) is 5.56 Å². The van der Waals surface area contributed by atoms with E-state index >= 15 is 0 Å². The van der Waals surface area contributed by atoms with Crippen molar-refractivity contribution in [1.29, 1.82) is 0 Å². The van der Waals surface area contributed by atoms with Crippen molar-refractivity contribution < 1.29 is 5.11 Å². The highest BCUT2D eigenvalue weighted by Gasteiger charge is 2.12. The van der Waals surface area contributed by atoms with Gasteiger partial charge in [0.05, 0.1) is 11.4 Å². The van der Waals surface area contributed by atoms with E-state index < -0.39 is 0 Å². The van der Waals surface area contributed by atoms with E-state index in [1.807, 2.05) is 12.1 Å². The van der Waals surface area contributed by atoms with Gasteiger partial charge in [0.15, 0.2) is 10.6 Å². The first-order chi connectivity index (χ1) is 10.6. The number of hydrogen-bond donors (Lipinski definition) is 3. The molecule has 0 unspecified atom stereocenters. The van der Waals surface area contributed by atoms with Crippen LogP contribution in [0.1, 0.15) is 12.5 Å². The Morgan fingerprint density at radius 2 is 2.09 bits per heavy atom. The van der Waals surface area contributed by atoms with Crippen LogP contribution in [0.15, 0.2) is 42.5 Å². The molecule has 4 N–H and O–H groups in total. The standard InChI is InChI=1S/C16H16N4OS/c1-2-10-4-3-5-11(8-10)15-18-19-16(22)20(15)12-6-7-13(17)14(21)9-12/h3-9,21H,2,17H2,1H3,(H,19,22). The van der Waals surface area contributed by atoms with Crippen molar-refractivity contribution in [3.05, 3.63) is 52.8 Å². The first-order valence-corrected chi connectivity index (χ1v) is 7.36. The lowest BCUT2D eigenvalue weighted by Crippen LogP contribution is -1.99. The van der Waals surface area contributed by atoms with Crippen LogP contribution < -0.4 is 5.73 Å². The molecule has 1 heterocycles. The number of phenolic OH excluding ortho intramolecular Hbond substituents is 1. The fourth-order valence-corrected chi connectivity index (χ4v) is 2.57. The van der Waals surface area contributed by atoms with E-state index in [0.717, 1.165) is 12.0 Å². The Morgan fingerprint density at radius 1 is 1.27 bits per heavy atom. The normalized spacial score (nSPS) is 10.8. The minimum atomic E-state index is 0.0221. The molecule has 3 aromatic rings. The lowest BCUT2D eigenvalue weighted by molar-refractivity contribution is 0.477. The number of aromatic amines is 1. The van der Waals surface area contributed by atoms with Crippen LogP contribution in [0.5, 0.6) is 5.75 Å². The van der Waals surface area contributed by atoms with Gasteiger partial charge in [0.25, 0.3) is 0 Å². The molecular weight excluding hydrogens is 296 g/mol. The highest BCUT2D eigenvalue weighted by Crippen LogP contribution is 2.27. The Bertz CT molecular complexity index is 882. The summed E-state index contributed by atoms with van der Waals surface area (Å²) in [7, 11) is 0. The number of phenols is 1. The molecule has 6 heteroatoms. The van der Waals surface area contributed by atoms with Gasteiger partial charge in [-0.2, -0.15) is 5.10 Å². The van der Waals surface area contributed by atoms with Crippen LogP contribution in [0, 0.1) is 4.77 Å². The number of rotatable bonds is 3. The summed E-state index contributed by atoms with van der Waals surface area (Å²) in [5.74, 6) is 0.721. The zero-order valence-corrected chi connectivity index (χ0v) is 12.9. The largest absolute Gasteiger partial charge is 0.506 e. The first-order valence-electron chi connectivity index (χ1n) is 6.95. The van der Waals surface area contributed by atoms with E-state index in [1.54, 1.807) is 22.8 Å². The SMILES string of the molecule is CCc1cccc(-c2n[nH]c(=S)n2-c2ccc(N)c(O)c2)c1. The Kier molecular flexibility index (Phi) is 3.68. The number of nitrogens with zero attached hydrogens (tertiary/aromatic N) is 2. The number of aryl methyl sites for hydroxylation is 1. The Hall–Kier alpha value is -2.60. The van der Waals surface area contributed by atoms with Crippen molar-refractivity contribution in [3.8, 4) is 22.8 Å². The molecule has 1 aromatic heterocycles. The molecule has 0 saturated heterocycles. The molecule has 0 atom stereocenters. The molecule has 0 fully saturated rings. The number of nitrogen functional groups attached to an aromatic ring is 1. The zero-order valence-electron chi connectivity index (χ0n) is 12.1. The number of nitrogens with one attached hydrogen (secondary N) is 1. The Balaban J connectivity index is 2.19. The van der Waals surface area contributed by atoms with Gasteiger partial charge < -0.3 is 10.8 Å². The number of aromatic hydroxyl groups is 1. The third kappa shape index (κ3) is 2.48. The summed E-state index contributed by atoms with van der Waals surface area (Å²) in [6.45, 7) is 2.11. The summed E-state index contributed by atoms with van der Waals surface area (Å²) in [5.41, 5.74) is 8.88. The lowest BCUT2D eigenvalue weighted by Gasteiger charge is -2.09. The van der Waals surface area contributed by atoms with Gasteiger partial charge in [0, 0.05) is 11.6 Å². The number of anilines is 1. The summed E-state index contributed by atoms with van der Waals surface area (Å²) < 4.78 is 2.24. The Morgan fingerprint density at radius 3 is 2.82 bits per heavy atom. The van der Waals surface area contributed by atoms with Crippen LogP contribution in [-0.2, 0) is 6.42 Å². The van der Waals surface area contributed by atoms with Crippen molar-refractivity contribution in [2.24, 2.45) is 0 Å². The average Bonchev–Trinajstić information content (AvgIpc) is 2.92. The average molecular weight is 312 g/mol. The third-order valence-electron chi connectivity index (χ3n) is 3.54. The van der Waals surface area contributed by atoms with Crippen LogP contribution in [0.3, 0.4) is 0 Å². The maximum atomic E-state index is 9.83. The predicted molar refractivity (Wildman–Crippen MR) is 89.6 cm³/mol. The number of aromatic nitrogens is 3. The molecule has 0 spiro atoms. The van der Waals surface area contributed by atoms with Crippen molar-refractivity contribution in [2.75, 3.05) is 5.73 Å². The molecule has 0 aliphatic rings. The molecule has 112 valence electrons. The monoisotopic (exact) mass is 312 g/mol.